The molecule has 3 rings (SSSR count). The van der Waals surface area contributed by atoms with Gasteiger partial charge in [-0.15, -0.1) is 0 Å². The van der Waals surface area contributed by atoms with E-state index in [0.29, 0.717) is 29.4 Å². The van der Waals surface area contributed by atoms with Gasteiger partial charge in [-0.05, 0) is 55.8 Å². The molecule has 0 unspecified atom stereocenters. The van der Waals surface area contributed by atoms with E-state index in [4.69, 9.17) is 23.5 Å². The van der Waals surface area contributed by atoms with Crippen molar-refractivity contribution in [2.45, 2.75) is 13.8 Å². The molecule has 2 aromatic carbocycles. The van der Waals surface area contributed by atoms with Crippen molar-refractivity contribution in [3.05, 3.63) is 64.9 Å². The molecule has 0 bridgehead atoms. The first-order valence-corrected chi connectivity index (χ1v) is 10.5. The fourth-order valence-corrected chi connectivity index (χ4v) is 3.01. The maximum atomic E-state index is 12.7. The van der Waals surface area contributed by atoms with Gasteiger partial charge < -0.3 is 28.8 Å². The summed E-state index contributed by atoms with van der Waals surface area (Å²) in [6.07, 6.45) is 1.38. The molecule has 1 heterocycles. The normalized spacial score (nSPS) is 10.8. The van der Waals surface area contributed by atoms with E-state index >= 15 is 0 Å². The molecule has 3 aromatic rings. The van der Waals surface area contributed by atoms with Gasteiger partial charge in [0.15, 0.2) is 28.8 Å². The van der Waals surface area contributed by atoms with Gasteiger partial charge in [-0.3, -0.25) is 4.79 Å². The zero-order valence-corrected chi connectivity index (χ0v) is 19.6. The van der Waals surface area contributed by atoms with Gasteiger partial charge in [-0.1, -0.05) is 11.2 Å². The Morgan fingerprint density at radius 2 is 1.80 bits per heavy atom. The fourth-order valence-electron chi connectivity index (χ4n) is 3.01. The number of hydrogen-bond acceptors (Lipinski definition) is 9. The van der Waals surface area contributed by atoms with Crippen molar-refractivity contribution >= 4 is 23.8 Å². The van der Waals surface area contributed by atoms with Gasteiger partial charge in [0.25, 0.3) is 5.91 Å². The fraction of sp³-hybridized carbons (Fsp3) is 0.200. The topological polar surface area (TPSA) is 133 Å². The van der Waals surface area contributed by atoms with Crippen molar-refractivity contribution in [1.29, 1.82) is 5.26 Å². The number of aryl methyl sites for hydroxylation is 1. The lowest BCUT2D eigenvalue weighted by molar-refractivity contribution is -0.112. The maximum Gasteiger partial charge on any atom is 0.343 e. The lowest BCUT2D eigenvalue weighted by Crippen LogP contribution is -2.13. The minimum atomic E-state index is -0.650. The first kappa shape index (κ1) is 24.9. The van der Waals surface area contributed by atoms with Crippen molar-refractivity contribution < 1.29 is 33.1 Å². The van der Waals surface area contributed by atoms with Gasteiger partial charge in [0.1, 0.15) is 17.4 Å². The standard InChI is InChI=1S/C25H23N3O7/c1-5-33-22-12-16(11-18(14-26)24(29)27-23-10-15(2)35-28-23)6-8-20(22)34-25(30)17-7-9-19(31-3)21(13-17)32-4/h6-13H,5H2,1-4H3,(H,27,28,29)/b18-11-. The summed E-state index contributed by atoms with van der Waals surface area (Å²) in [5.41, 5.74) is 0.575. The molecule has 10 heteroatoms. The monoisotopic (exact) mass is 477 g/mol. The van der Waals surface area contributed by atoms with E-state index in [1.807, 2.05) is 6.07 Å². The third-order valence-electron chi connectivity index (χ3n) is 4.64. The van der Waals surface area contributed by atoms with Crippen LogP contribution in [0.3, 0.4) is 0 Å². The number of anilines is 1. The van der Waals surface area contributed by atoms with Crippen LogP contribution in [0, 0.1) is 18.3 Å². The van der Waals surface area contributed by atoms with Crippen molar-refractivity contribution in [3.8, 4) is 29.1 Å². The van der Waals surface area contributed by atoms with Crippen molar-refractivity contribution in [2.75, 3.05) is 26.1 Å². The number of methoxy groups -OCH3 is 2. The SMILES string of the molecule is CCOc1cc(/C=C(/C#N)C(=O)Nc2cc(C)on2)ccc1OC(=O)c1ccc(OC)c(OC)c1. The van der Waals surface area contributed by atoms with Crippen molar-refractivity contribution in [2.24, 2.45) is 0 Å². The van der Waals surface area contributed by atoms with E-state index in [1.54, 1.807) is 38.1 Å². The second-order valence-corrected chi connectivity index (χ2v) is 7.05. The number of ether oxygens (including phenoxy) is 4. The first-order valence-electron chi connectivity index (χ1n) is 10.5. The molecule has 0 saturated heterocycles. The molecule has 0 saturated carbocycles. The molecule has 0 atom stereocenters. The van der Waals surface area contributed by atoms with Crippen LogP contribution >= 0.6 is 0 Å². The zero-order chi connectivity index (χ0) is 25.4. The van der Waals surface area contributed by atoms with Gasteiger partial charge in [-0.2, -0.15) is 5.26 Å². The van der Waals surface area contributed by atoms with Crippen molar-refractivity contribution in [3.63, 3.8) is 0 Å². The Morgan fingerprint density at radius 3 is 2.43 bits per heavy atom. The number of esters is 1. The molecule has 1 N–H and O–H groups in total. The van der Waals surface area contributed by atoms with Crippen LogP contribution in [0.2, 0.25) is 0 Å². The molecule has 0 radical (unpaired) electrons. The van der Waals surface area contributed by atoms with E-state index in [0.717, 1.165) is 0 Å². The van der Waals surface area contributed by atoms with Crippen LogP contribution in [-0.4, -0.2) is 37.9 Å². The molecular formula is C25H23N3O7. The van der Waals surface area contributed by atoms with Gasteiger partial charge in [-0.25, -0.2) is 4.79 Å². The van der Waals surface area contributed by atoms with Gasteiger partial charge in [0, 0.05) is 6.07 Å². The summed E-state index contributed by atoms with van der Waals surface area (Å²) in [4.78, 5) is 25.1. The molecular weight excluding hydrogens is 454 g/mol. The number of benzene rings is 2. The smallest absolute Gasteiger partial charge is 0.343 e. The summed E-state index contributed by atoms with van der Waals surface area (Å²) in [6, 6.07) is 12.7. The van der Waals surface area contributed by atoms with Crippen LogP contribution < -0.4 is 24.3 Å². The second-order valence-electron chi connectivity index (χ2n) is 7.05. The molecule has 0 fully saturated rings. The summed E-state index contributed by atoms with van der Waals surface area (Å²) in [5.74, 6) is 0.729. The third-order valence-corrected chi connectivity index (χ3v) is 4.64. The van der Waals surface area contributed by atoms with Crippen LogP contribution in [0.15, 0.2) is 52.6 Å². The van der Waals surface area contributed by atoms with Crippen LogP contribution in [-0.2, 0) is 4.79 Å². The zero-order valence-electron chi connectivity index (χ0n) is 19.6. The van der Waals surface area contributed by atoms with Gasteiger partial charge in [0.2, 0.25) is 0 Å². The molecule has 0 spiro atoms. The van der Waals surface area contributed by atoms with E-state index in [1.165, 1.54) is 38.5 Å². The minimum Gasteiger partial charge on any atom is -0.493 e. The number of nitrogens with zero attached hydrogens (tertiary/aromatic N) is 2. The lowest BCUT2D eigenvalue weighted by atomic mass is 10.1. The first-order chi connectivity index (χ1) is 16.9. The van der Waals surface area contributed by atoms with E-state index in [9.17, 15) is 14.9 Å². The average molecular weight is 477 g/mol. The van der Waals surface area contributed by atoms with Crippen LogP contribution in [0.4, 0.5) is 5.82 Å². The predicted octanol–water partition coefficient (Wildman–Crippen LogP) is 4.16. The molecule has 180 valence electrons. The minimum absolute atomic E-state index is 0.164. The number of carbonyl (C=O) groups excluding carboxylic acids is 2. The van der Waals surface area contributed by atoms with Crippen LogP contribution in [0.1, 0.15) is 28.6 Å². The number of nitriles is 1. The molecule has 1 aromatic heterocycles. The largest absolute Gasteiger partial charge is 0.493 e. The molecule has 0 aliphatic carbocycles. The van der Waals surface area contributed by atoms with Gasteiger partial charge in [0.05, 0.1) is 26.4 Å². The summed E-state index contributed by atoms with van der Waals surface area (Å²) < 4.78 is 26.5. The maximum absolute atomic E-state index is 12.7. The van der Waals surface area contributed by atoms with Gasteiger partial charge >= 0.3 is 5.97 Å². The predicted molar refractivity (Wildman–Crippen MR) is 126 cm³/mol. The van der Waals surface area contributed by atoms with Crippen LogP contribution in [0.5, 0.6) is 23.0 Å². The summed E-state index contributed by atoms with van der Waals surface area (Å²) in [5, 5.41) is 15.6. The molecule has 10 nitrogen and oxygen atoms in total. The summed E-state index contributed by atoms with van der Waals surface area (Å²) in [6.45, 7) is 3.75. The number of hydrogen-bond donors (Lipinski definition) is 1. The number of rotatable bonds is 9. The Bertz CT molecular complexity index is 1300. The van der Waals surface area contributed by atoms with E-state index in [-0.39, 0.29) is 28.5 Å². The van der Waals surface area contributed by atoms with Crippen LogP contribution in [0.25, 0.3) is 6.08 Å². The number of carbonyl (C=O) groups is 2. The third kappa shape index (κ3) is 6.17. The molecule has 0 aliphatic heterocycles. The average Bonchev–Trinajstić information content (AvgIpc) is 3.27. The Balaban J connectivity index is 1.83. The molecule has 35 heavy (non-hydrogen) atoms. The Labute approximate surface area is 201 Å². The van der Waals surface area contributed by atoms with E-state index < -0.39 is 11.9 Å². The second kappa shape index (κ2) is 11.4. The summed E-state index contributed by atoms with van der Waals surface area (Å²) in [7, 11) is 2.96. The number of amides is 1. The Hall–Kier alpha value is -4.78. The Kier molecular flexibility index (Phi) is 8.08. The summed E-state index contributed by atoms with van der Waals surface area (Å²) >= 11 is 0. The molecule has 0 aliphatic rings. The Morgan fingerprint density at radius 1 is 1.06 bits per heavy atom. The number of nitrogens with one attached hydrogen (secondary N) is 1. The lowest BCUT2D eigenvalue weighted by Gasteiger charge is -2.13. The molecule has 1 amide bonds. The quantitative estimate of drug-likeness (QED) is 0.209. The van der Waals surface area contributed by atoms with E-state index in [2.05, 4.69) is 10.5 Å². The highest BCUT2D eigenvalue weighted by Crippen LogP contribution is 2.32. The highest BCUT2D eigenvalue weighted by Gasteiger charge is 2.17. The van der Waals surface area contributed by atoms with Crippen molar-refractivity contribution in [1.82, 2.24) is 5.16 Å². The highest BCUT2D eigenvalue weighted by molar-refractivity contribution is 6.09. The highest BCUT2D eigenvalue weighted by atomic mass is 16.6. The number of aromatic nitrogens is 1.